The minimum absolute atomic E-state index is 0.129. The van der Waals surface area contributed by atoms with Crippen molar-refractivity contribution in [1.82, 2.24) is 20.9 Å². The van der Waals surface area contributed by atoms with Gasteiger partial charge in [0.2, 0.25) is 11.8 Å². The second-order valence-corrected chi connectivity index (χ2v) is 14.3. The molecule has 0 saturated carbocycles. The van der Waals surface area contributed by atoms with Crippen LogP contribution in [0.15, 0.2) is 67.3 Å². The molecule has 12 nitrogen and oxygen atoms in total. The zero-order chi connectivity index (χ0) is 34.8. The molecule has 2 aliphatic rings. The van der Waals surface area contributed by atoms with Crippen LogP contribution in [-0.4, -0.2) is 109 Å². The van der Waals surface area contributed by atoms with Crippen LogP contribution in [0.2, 0.25) is 0 Å². The first kappa shape index (κ1) is 36.8. The molecule has 0 radical (unpaired) electrons. The van der Waals surface area contributed by atoms with Crippen LogP contribution in [0.1, 0.15) is 25.8 Å². The van der Waals surface area contributed by atoms with Crippen LogP contribution >= 0.6 is 11.8 Å². The first-order valence-electron chi connectivity index (χ1n) is 16.0. The van der Waals surface area contributed by atoms with Gasteiger partial charge in [0.25, 0.3) is 11.8 Å². The molecule has 5 atom stereocenters. The Morgan fingerprint density at radius 1 is 1.15 bits per heavy atom. The lowest BCUT2D eigenvalue weighted by Crippen LogP contribution is -2.61. The molecule has 0 aliphatic carbocycles. The Labute approximate surface area is 286 Å². The second-order valence-electron chi connectivity index (χ2n) is 12.7. The number of anilines is 1. The third-order valence-corrected chi connectivity index (χ3v) is 9.87. The number of thioether (sulfide) groups is 1. The van der Waals surface area contributed by atoms with E-state index in [2.05, 4.69) is 22.5 Å². The fourth-order valence-corrected chi connectivity index (χ4v) is 6.98. The highest BCUT2D eigenvalue weighted by molar-refractivity contribution is 8.00. The zero-order valence-corrected chi connectivity index (χ0v) is 28.8. The summed E-state index contributed by atoms with van der Waals surface area (Å²) in [4.78, 5) is 57.4. The highest BCUT2D eigenvalue weighted by Gasteiger charge is 2.50. The predicted octanol–water partition coefficient (Wildman–Crippen LogP) is 1.72. The maximum absolute atomic E-state index is 14.0. The van der Waals surface area contributed by atoms with E-state index in [1.807, 2.05) is 81.4 Å². The highest BCUT2D eigenvalue weighted by Crippen LogP contribution is 2.40. The van der Waals surface area contributed by atoms with E-state index in [-0.39, 0.29) is 43.9 Å². The maximum atomic E-state index is 14.0. The van der Waals surface area contributed by atoms with Crippen LogP contribution in [0.3, 0.4) is 0 Å². The summed E-state index contributed by atoms with van der Waals surface area (Å²) in [6.07, 6.45) is 0.543. The molecule has 0 unspecified atom stereocenters. The van der Waals surface area contributed by atoms with E-state index in [9.17, 15) is 24.3 Å². The highest BCUT2D eigenvalue weighted by atomic mass is 32.2. The van der Waals surface area contributed by atoms with Gasteiger partial charge >= 0.3 is 0 Å². The average Bonchev–Trinajstić information content (AvgIpc) is 3.72. The Balaban J connectivity index is 1.52. The van der Waals surface area contributed by atoms with Gasteiger partial charge < -0.3 is 40.3 Å². The van der Waals surface area contributed by atoms with E-state index in [1.165, 1.54) is 16.7 Å². The molecule has 0 aromatic heterocycles. The second kappa shape index (κ2) is 16.8. The van der Waals surface area contributed by atoms with Crippen LogP contribution in [0.25, 0.3) is 0 Å². The van der Waals surface area contributed by atoms with E-state index in [1.54, 1.807) is 12.1 Å². The Morgan fingerprint density at radius 2 is 1.90 bits per heavy atom. The molecule has 48 heavy (non-hydrogen) atoms. The summed E-state index contributed by atoms with van der Waals surface area (Å²) in [5.41, 5.74) is 1.69. The molecule has 2 heterocycles. The summed E-state index contributed by atoms with van der Waals surface area (Å²) in [5.74, 6) is -1.72. The molecular formula is C35H47N5O7S. The van der Waals surface area contributed by atoms with Gasteiger partial charge in [-0.25, -0.2) is 0 Å². The first-order chi connectivity index (χ1) is 22.9. The van der Waals surface area contributed by atoms with Gasteiger partial charge in [-0.3, -0.25) is 19.2 Å². The number of ether oxygens (including phenoxy) is 2. The van der Waals surface area contributed by atoms with E-state index in [0.717, 1.165) is 11.3 Å². The van der Waals surface area contributed by atoms with Crippen molar-refractivity contribution in [2.75, 3.05) is 51.2 Å². The molecule has 2 aromatic rings. The molecular weight excluding hydrogens is 634 g/mol. The first-order valence-corrected chi connectivity index (χ1v) is 17.0. The maximum Gasteiger partial charge on any atom is 0.258 e. The number of nitrogens with zero attached hydrogens (tertiary/aromatic N) is 2. The van der Waals surface area contributed by atoms with Crippen LogP contribution in [0.4, 0.5) is 5.69 Å². The van der Waals surface area contributed by atoms with Gasteiger partial charge in [-0.15, -0.1) is 18.3 Å². The van der Waals surface area contributed by atoms with Crippen molar-refractivity contribution < 1.29 is 33.8 Å². The van der Waals surface area contributed by atoms with Crippen molar-refractivity contribution in [2.45, 2.75) is 55.7 Å². The van der Waals surface area contributed by atoms with E-state index in [0.29, 0.717) is 18.8 Å². The lowest BCUT2D eigenvalue weighted by atomic mass is 9.95. The Morgan fingerprint density at radius 3 is 2.56 bits per heavy atom. The van der Waals surface area contributed by atoms with Crippen LogP contribution in [0, 0.1) is 5.92 Å². The van der Waals surface area contributed by atoms with Crippen molar-refractivity contribution >= 4 is 41.1 Å². The molecule has 13 heteroatoms. The standard InChI is InChI=1S/C35H47N5O7S/c1-6-16-36-33(44)31-35(2,3)48-22-40(31)34(45)30(42)27(18-23-11-8-7-9-12-23)37-32(43)29(24-15-17-46-20-24)38-28(41)21-47-26-14-10-13-25(19-26)39(4)5/h6-14,19,24,27,29-31,42H,1,15-18,20-22H2,2-5H3,(H,36,44)(H,37,43)(H,38,41)/t24-,27-,29-,30-,31+/m0/s1. The monoisotopic (exact) mass is 681 g/mol. The number of amides is 4. The van der Waals surface area contributed by atoms with Crippen molar-refractivity contribution in [2.24, 2.45) is 5.92 Å². The molecule has 0 spiro atoms. The Bertz CT molecular complexity index is 1430. The zero-order valence-electron chi connectivity index (χ0n) is 28.0. The van der Waals surface area contributed by atoms with Crippen LogP contribution in [0.5, 0.6) is 5.75 Å². The summed E-state index contributed by atoms with van der Waals surface area (Å²) in [5, 5.41) is 20.0. The number of carbonyl (C=O) groups is 4. The summed E-state index contributed by atoms with van der Waals surface area (Å²) in [6, 6.07) is 13.6. The van der Waals surface area contributed by atoms with Crippen LogP contribution < -0.4 is 25.6 Å². The Hall–Kier alpha value is -4.07. The number of carbonyl (C=O) groups excluding carboxylic acids is 4. The molecule has 260 valence electrons. The summed E-state index contributed by atoms with van der Waals surface area (Å²) >= 11 is 1.43. The number of benzene rings is 2. The third-order valence-electron chi connectivity index (χ3n) is 8.50. The van der Waals surface area contributed by atoms with Crippen molar-refractivity contribution in [3.8, 4) is 5.75 Å². The van der Waals surface area contributed by atoms with E-state index < -0.39 is 46.7 Å². The number of hydrogen-bond donors (Lipinski definition) is 4. The minimum Gasteiger partial charge on any atom is -0.484 e. The molecule has 2 saturated heterocycles. The van der Waals surface area contributed by atoms with Gasteiger partial charge in [-0.2, -0.15) is 0 Å². The summed E-state index contributed by atoms with van der Waals surface area (Å²) < 4.78 is 10.7. The third kappa shape index (κ3) is 9.51. The van der Waals surface area contributed by atoms with Crippen molar-refractivity contribution in [3.63, 3.8) is 0 Å². The minimum atomic E-state index is -1.68. The Kier molecular flexibility index (Phi) is 12.9. The number of aliphatic hydroxyl groups excluding tert-OH is 1. The molecule has 0 bridgehead atoms. The van der Waals surface area contributed by atoms with Gasteiger partial charge in [0.15, 0.2) is 12.7 Å². The normalized spacial score (nSPS) is 20.2. The van der Waals surface area contributed by atoms with Gasteiger partial charge in [0.05, 0.1) is 18.5 Å². The molecule has 4 N–H and O–H groups in total. The number of hydrogen-bond acceptors (Lipinski definition) is 9. The smallest absolute Gasteiger partial charge is 0.258 e. The molecule has 4 rings (SSSR count). The van der Waals surface area contributed by atoms with Crippen molar-refractivity contribution in [3.05, 3.63) is 72.8 Å². The quantitative estimate of drug-likeness (QED) is 0.206. The largest absolute Gasteiger partial charge is 0.484 e. The molecule has 2 aliphatic heterocycles. The number of nitrogens with one attached hydrogen (secondary N) is 3. The molecule has 2 fully saturated rings. The lowest BCUT2D eigenvalue weighted by Gasteiger charge is -2.34. The van der Waals surface area contributed by atoms with Crippen molar-refractivity contribution in [1.29, 1.82) is 0 Å². The fourth-order valence-electron chi connectivity index (χ4n) is 5.83. The molecule has 2 aromatic carbocycles. The number of rotatable bonds is 15. The molecule has 4 amide bonds. The van der Waals surface area contributed by atoms with Gasteiger partial charge in [0, 0.05) is 49.7 Å². The van der Waals surface area contributed by atoms with Crippen LogP contribution in [-0.2, 0) is 30.3 Å². The fraction of sp³-hybridized carbons (Fsp3) is 0.486. The summed E-state index contributed by atoms with van der Waals surface area (Å²) in [7, 11) is 3.80. The predicted molar refractivity (Wildman–Crippen MR) is 186 cm³/mol. The van der Waals surface area contributed by atoms with E-state index in [4.69, 9.17) is 9.47 Å². The van der Waals surface area contributed by atoms with Gasteiger partial charge in [-0.1, -0.05) is 42.5 Å². The van der Waals surface area contributed by atoms with E-state index >= 15 is 0 Å². The average molecular weight is 682 g/mol. The summed E-state index contributed by atoms with van der Waals surface area (Å²) in [6.45, 7) is 8.00. The van der Waals surface area contributed by atoms with Gasteiger partial charge in [0.1, 0.15) is 17.8 Å². The van der Waals surface area contributed by atoms with Gasteiger partial charge in [-0.05, 0) is 44.4 Å². The lowest BCUT2D eigenvalue weighted by molar-refractivity contribution is -0.148. The SMILES string of the molecule is C=CCNC(=O)[C@H]1N(C(=O)[C@@H](O)[C@H](Cc2ccccc2)NC(=O)[C@@H](NC(=O)COc2cccc(N(C)C)c2)[C@H]2CCOC2)CSC1(C)C. The topological polar surface area (TPSA) is 150 Å². The number of aliphatic hydroxyl groups is 1.